The molecule has 8 heteroatoms. The summed E-state index contributed by atoms with van der Waals surface area (Å²) in [6.07, 6.45) is 0. The first-order valence-corrected chi connectivity index (χ1v) is 5.69. The van der Waals surface area contributed by atoms with E-state index in [-0.39, 0.29) is 16.9 Å². The van der Waals surface area contributed by atoms with E-state index in [1.165, 1.54) is 12.1 Å². The predicted molar refractivity (Wildman–Crippen MR) is 66.1 cm³/mol. The molecule has 0 aliphatic carbocycles. The van der Waals surface area contributed by atoms with Gasteiger partial charge in [-0.05, 0) is 12.1 Å². The molecule has 1 aromatic rings. The van der Waals surface area contributed by atoms with Crippen molar-refractivity contribution >= 4 is 17.3 Å². The van der Waals surface area contributed by atoms with Crippen LogP contribution in [0.2, 0.25) is 0 Å². The number of carbonyl (C=O) groups is 1. The van der Waals surface area contributed by atoms with Crippen molar-refractivity contribution in [3.05, 3.63) is 33.9 Å². The predicted octanol–water partition coefficient (Wildman–Crippen LogP) is 0.952. The summed E-state index contributed by atoms with van der Waals surface area (Å²) >= 11 is 0. The van der Waals surface area contributed by atoms with Crippen molar-refractivity contribution in [2.75, 3.05) is 31.7 Å². The Hall–Kier alpha value is -2.19. The molecule has 102 valence electrons. The summed E-state index contributed by atoms with van der Waals surface area (Å²) < 4.78 is 5.17. The first-order chi connectivity index (χ1) is 9.08. The number of morpholine rings is 1. The lowest BCUT2D eigenvalue weighted by atomic mass is 10.2. The Kier molecular flexibility index (Phi) is 3.93. The normalized spacial score (nSPS) is 16.0. The zero-order valence-corrected chi connectivity index (χ0v) is 10.0. The van der Waals surface area contributed by atoms with Gasteiger partial charge in [-0.15, -0.1) is 0 Å². The molecule has 0 bridgehead atoms. The molecule has 0 unspecified atom stereocenters. The van der Waals surface area contributed by atoms with Gasteiger partial charge < -0.3 is 15.3 Å². The van der Waals surface area contributed by atoms with Crippen molar-refractivity contribution in [2.24, 2.45) is 0 Å². The second kappa shape index (κ2) is 5.63. The molecule has 0 radical (unpaired) electrons. The van der Waals surface area contributed by atoms with Crippen LogP contribution in [-0.2, 0) is 4.74 Å². The Bertz CT molecular complexity index is 499. The van der Waals surface area contributed by atoms with Gasteiger partial charge in [0.1, 0.15) is 5.69 Å². The Morgan fingerprint density at radius 3 is 2.68 bits per heavy atom. The van der Waals surface area contributed by atoms with Gasteiger partial charge in [-0.25, -0.2) is 9.80 Å². The average Bonchev–Trinajstić information content (AvgIpc) is 2.39. The molecule has 1 aromatic carbocycles. The molecule has 0 atom stereocenters. The maximum atomic E-state index is 11.0. The van der Waals surface area contributed by atoms with Gasteiger partial charge in [0.15, 0.2) is 0 Å². The molecule has 19 heavy (non-hydrogen) atoms. The van der Waals surface area contributed by atoms with Gasteiger partial charge in [0.2, 0.25) is 0 Å². The highest BCUT2D eigenvalue weighted by Crippen LogP contribution is 2.26. The molecule has 1 aliphatic heterocycles. The largest absolute Gasteiger partial charge is 0.478 e. The van der Waals surface area contributed by atoms with E-state index in [0.29, 0.717) is 26.3 Å². The number of rotatable bonds is 4. The molecule has 2 N–H and O–H groups in total. The molecule has 0 aromatic heterocycles. The first kappa shape index (κ1) is 13.2. The summed E-state index contributed by atoms with van der Waals surface area (Å²) in [4.78, 5) is 21.2. The number of nitro benzene ring substituents is 1. The van der Waals surface area contributed by atoms with Gasteiger partial charge in [0, 0.05) is 19.2 Å². The van der Waals surface area contributed by atoms with E-state index >= 15 is 0 Å². The fourth-order valence-corrected chi connectivity index (χ4v) is 1.76. The minimum atomic E-state index is -1.19. The summed E-state index contributed by atoms with van der Waals surface area (Å²) in [6.45, 7) is 2.32. The number of ether oxygens (including phenoxy) is 1. The summed E-state index contributed by atoms with van der Waals surface area (Å²) in [7, 11) is 0. The fourth-order valence-electron chi connectivity index (χ4n) is 1.76. The Balaban J connectivity index is 2.23. The second-order valence-corrected chi connectivity index (χ2v) is 4.01. The quantitative estimate of drug-likeness (QED) is 0.618. The van der Waals surface area contributed by atoms with Crippen molar-refractivity contribution in [3.8, 4) is 0 Å². The van der Waals surface area contributed by atoms with E-state index < -0.39 is 10.9 Å². The topological polar surface area (TPSA) is 105 Å². The van der Waals surface area contributed by atoms with Crippen LogP contribution in [0, 0.1) is 10.1 Å². The highest BCUT2D eigenvalue weighted by molar-refractivity contribution is 5.89. The van der Waals surface area contributed by atoms with Crippen molar-refractivity contribution in [1.82, 2.24) is 5.01 Å². The van der Waals surface area contributed by atoms with Crippen LogP contribution in [0.15, 0.2) is 18.2 Å². The summed E-state index contributed by atoms with van der Waals surface area (Å²) in [5.41, 5.74) is 2.82. The SMILES string of the molecule is O=C(O)c1ccc(NN2CCOCC2)c([N+](=O)[O-])c1. The van der Waals surface area contributed by atoms with Crippen LogP contribution < -0.4 is 5.43 Å². The third kappa shape index (κ3) is 3.18. The molecule has 1 saturated heterocycles. The van der Waals surface area contributed by atoms with E-state index in [0.717, 1.165) is 6.07 Å². The molecule has 0 spiro atoms. The number of carboxylic acid groups (broad SMARTS) is 1. The average molecular weight is 267 g/mol. The number of nitrogens with zero attached hydrogens (tertiary/aromatic N) is 2. The second-order valence-electron chi connectivity index (χ2n) is 4.01. The van der Waals surface area contributed by atoms with E-state index in [1.54, 1.807) is 5.01 Å². The maximum Gasteiger partial charge on any atom is 0.335 e. The van der Waals surface area contributed by atoms with Crippen molar-refractivity contribution < 1.29 is 19.6 Å². The first-order valence-electron chi connectivity index (χ1n) is 5.69. The molecule has 0 amide bonds. The summed E-state index contributed by atoms with van der Waals surface area (Å²) in [6, 6.07) is 3.78. The molecule has 1 heterocycles. The lowest BCUT2D eigenvalue weighted by molar-refractivity contribution is -0.384. The maximum absolute atomic E-state index is 11.0. The number of hydrogen-bond donors (Lipinski definition) is 2. The monoisotopic (exact) mass is 267 g/mol. The van der Waals surface area contributed by atoms with Crippen LogP contribution in [0.1, 0.15) is 10.4 Å². The number of hydrogen-bond acceptors (Lipinski definition) is 6. The smallest absolute Gasteiger partial charge is 0.335 e. The molecular weight excluding hydrogens is 254 g/mol. The summed E-state index contributed by atoms with van der Waals surface area (Å²) in [5, 5.41) is 21.6. The summed E-state index contributed by atoms with van der Waals surface area (Å²) in [5.74, 6) is -1.19. The minimum absolute atomic E-state index is 0.112. The Morgan fingerprint density at radius 2 is 2.11 bits per heavy atom. The zero-order valence-electron chi connectivity index (χ0n) is 10.0. The van der Waals surface area contributed by atoms with E-state index in [1.807, 2.05) is 0 Å². The van der Waals surface area contributed by atoms with Crippen LogP contribution in [0.25, 0.3) is 0 Å². The van der Waals surface area contributed by atoms with Crippen molar-refractivity contribution in [1.29, 1.82) is 0 Å². The van der Waals surface area contributed by atoms with Crippen LogP contribution in [0.3, 0.4) is 0 Å². The number of anilines is 1. The molecule has 8 nitrogen and oxygen atoms in total. The molecule has 1 fully saturated rings. The molecular formula is C11H13N3O5. The molecule has 1 aliphatic rings. The van der Waals surface area contributed by atoms with Gasteiger partial charge in [0.05, 0.1) is 23.7 Å². The number of nitrogens with one attached hydrogen (secondary N) is 1. The van der Waals surface area contributed by atoms with E-state index in [2.05, 4.69) is 5.43 Å². The molecule has 0 saturated carbocycles. The number of hydrazine groups is 1. The highest BCUT2D eigenvalue weighted by Gasteiger charge is 2.19. The standard InChI is InChI=1S/C11H13N3O5/c15-11(16)8-1-2-9(10(7-8)14(17)18)12-13-3-5-19-6-4-13/h1-2,7,12H,3-6H2,(H,15,16). The van der Waals surface area contributed by atoms with Crippen molar-refractivity contribution in [3.63, 3.8) is 0 Å². The third-order valence-corrected chi connectivity index (χ3v) is 2.73. The van der Waals surface area contributed by atoms with Gasteiger partial charge in [0.25, 0.3) is 5.69 Å². The van der Waals surface area contributed by atoms with Gasteiger partial charge in [-0.1, -0.05) is 0 Å². The third-order valence-electron chi connectivity index (χ3n) is 2.73. The van der Waals surface area contributed by atoms with Crippen LogP contribution in [-0.4, -0.2) is 47.3 Å². The Labute approximate surface area is 108 Å². The lowest BCUT2D eigenvalue weighted by Gasteiger charge is -2.27. The molecule has 2 rings (SSSR count). The van der Waals surface area contributed by atoms with Crippen LogP contribution in [0.5, 0.6) is 0 Å². The number of aromatic carboxylic acids is 1. The number of nitro groups is 1. The lowest BCUT2D eigenvalue weighted by Crippen LogP contribution is -2.40. The van der Waals surface area contributed by atoms with Gasteiger partial charge in [-0.3, -0.25) is 10.1 Å². The minimum Gasteiger partial charge on any atom is -0.478 e. The highest BCUT2D eigenvalue weighted by atomic mass is 16.6. The van der Waals surface area contributed by atoms with Crippen LogP contribution >= 0.6 is 0 Å². The van der Waals surface area contributed by atoms with Gasteiger partial charge in [-0.2, -0.15) is 0 Å². The van der Waals surface area contributed by atoms with Gasteiger partial charge >= 0.3 is 5.97 Å². The Morgan fingerprint density at radius 1 is 1.42 bits per heavy atom. The van der Waals surface area contributed by atoms with E-state index in [9.17, 15) is 14.9 Å². The van der Waals surface area contributed by atoms with Crippen molar-refractivity contribution in [2.45, 2.75) is 0 Å². The fraction of sp³-hybridized carbons (Fsp3) is 0.364. The zero-order chi connectivity index (χ0) is 13.8. The van der Waals surface area contributed by atoms with E-state index in [4.69, 9.17) is 9.84 Å². The number of benzene rings is 1. The number of carboxylic acids is 1. The van der Waals surface area contributed by atoms with Crippen LogP contribution in [0.4, 0.5) is 11.4 Å².